The lowest BCUT2D eigenvalue weighted by molar-refractivity contribution is -0.131. The predicted octanol–water partition coefficient (Wildman–Crippen LogP) is 1.10. The van der Waals surface area contributed by atoms with Crippen LogP contribution in [0, 0.1) is 0 Å². The number of anilines is 1. The van der Waals surface area contributed by atoms with Gasteiger partial charge in [0.2, 0.25) is 11.8 Å². The van der Waals surface area contributed by atoms with Gasteiger partial charge in [0.25, 0.3) is 0 Å². The fourth-order valence-electron chi connectivity index (χ4n) is 3.20. The fourth-order valence-corrected chi connectivity index (χ4v) is 3.20. The van der Waals surface area contributed by atoms with Gasteiger partial charge >= 0.3 is 0 Å². The van der Waals surface area contributed by atoms with Crippen LogP contribution in [0.1, 0.15) is 18.9 Å². The van der Waals surface area contributed by atoms with Crippen LogP contribution >= 0.6 is 0 Å². The van der Waals surface area contributed by atoms with Crippen molar-refractivity contribution in [3.05, 3.63) is 29.8 Å². The average molecular weight is 287 g/mol. The topological polar surface area (TPSA) is 52.7 Å². The van der Waals surface area contributed by atoms with Gasteiger partial charge in [0.05, 0.1) is 6.04 Å². The Morgan fingerprint density at radius 3 is 2.62 bits per heavy atom. The number of amides is 2. The predicted molar refractivity (Wildman–Crippen MR) is 81.0 cm³/mol. The standard InChI is InChI=1S/C16H21N3O2/c1-12(20)18-8-10-19(11-9-18)15-7-6-13-4-2-3-5-14(13)17-16(15)21/h2-5,15H,6-11H2,1H3,(H,17,21). The smallest absolute Gasteiger partial charge is 0.241 e. The van der Waals surface area contributed by atoms with E-state index in [2.05, 4.69) is 16.3 Å². The number of carbonyl (C=O) groups is 2. The largest absolute Gasteiger partial charge is 0.340 e. The molecule has 5 nitrogen and oxygen atoms in total. The molecular formula is C16H21N3O2. The Labute approximate surface area is 124 Å². The summed E-state index contributed by atoms with van der Waals surface area (Å²) in [5.74, 6) is 0.198. The number of hydrogen-bond donors (Lipinski definition) is 1. The molecule has 0 saturated carbocycles. The number of carbonyl (C=O) groups excluding carboxylic acids is 2. The summed E-state index contributed by atoms with van der Waals surface area (Å²) in [5, 5.41) is 3.04. The number of rotatable bonds is 1. The monoisotopic (exact) mass is 287 g/mol. The summed E-state index contributed by atoms with van der Waals surface area (Å²) in [4.78, 5) is 27.9. The van der Waals surface area contributed by atoms with Crippen LogP contribution in [0.15, 0.2) is 24.3 Å². The Morgan fingerprint density at radius 2 is 1.90 bits per heavy atom. The molecule has 2 aliphatic rings. The molecule has 1 fully saturated rings. The summed E-state index contributed by atoms with van der Waals surface area (Å²) >= 11 is 0. The maximum absolute atomic E-state index is 12.5. The van der Waals surface area contributed by atoms with Crippen molar-refractivity contribution in [2.45, 2.75) is 25.8 Å². The maximum atomic E-state index is 12.5. The molecule has 2 aliphatic heterocycles. The van der Waals surface area contributed by atoms with Gasteiger partial charge in [-0.1, -0.05) is 18.2 Å². The quantitative estimate of drug-likeness (QED) is 0.841. The Kier molecular flexibility index (Phi) is 3.92. The second kappa shape index (κ2) is 5.85. The molecule has 2 heterocycles. The Balaban J connectivity index is 1.68. The zero-order valence-electron chi connectivity index (χ0n) is 12.3. The first kappa shape index (κ1) is 14.1. The molecule has 21 heavy (non-hydrogen) atoms. The average Bonchev–Trinajstić information content (AvgIpc) is 2.65. The molecule has 1 unspecified atom stereocenters. The summed E-state index contributed by atoms with van der Waals surface area (Å²) in [6.45, 7) is 4.57. The highest BCUT2D eigenvalue weighted by molar-refractivity contribution is 5.96. The van der Waals surface area contributed by atoms with Crippen LogP contribution in [-0.4, -0.2) is 53.8 Å². The summed E-state index contributed by atoms with van der Waals surface area (Å²) < 4.78 is 0. The highest BCUT2D eigenvalue weighted by atomic mass is 16.2. The van der Waals surface area contributed by atoms with Crippen molar-refractivity contribution in [3.63, 3.8) is 0 Å². The van der Waals surface area contributed by atoms with E-state index in [4.69, 9.17) is 0 Å². The van der Waals surface area contributed by atoms with E-state index in [0.717, 1.165) is 31.6 Å². The Bertz CT molecular complexity index is 550. The number of para-hydroxylation sites is 1. The van der Waals surface area contributed by atoms with E-state index in [1.807, 2.05) is 23.1 Å². The van der Waals surface area contributed by atoms with E-state index in [0.29, 0.717) is 13.1 Å². The molecule has 1 atom stereocenters. The molecule has 0 aromatic heterocycles. The van der Waals surface area contributed by atoms with E-state index >= 15 is 0 Å². The molecule has 3 rings (SSSR count). The number of nitrogens with one attached hydrogen (secondary N) is 1. The van der Waals surface area contributed by atoms with E-state index in [1.54, 1.807) is 6.92 Å². The van der Waals surface area contributed by atoms with Crippen molar-refractivity contribution >= 4 is 17.5 Å². The minimum atomic E-state index is -0.0912. The summed E-state index contributed by atoms with van der Waals surface area (Å²) in [5.41, 5.74) is 2.14. The third-order valence-electron chi connectivity index (χ3n) is 4.47. The van der Waals surface area contributed by atoms with Gasteiger partial charge in [-0.15, -0.1) is 0 Å². The van der Waals surface area contributed by atoms with Gasteiger partial charge in [0, 0.05) is 38.8 Å². The van der Waals surface area contributed by atoms with Gasteiger partial charge in [-0.25, -0.2) is 0 Å². The third-order valence-corrected chi connectivity index (χ3v) is 4.47. The van der Waals surface area contributed by atoms with Crippen molar-refractivity contribution < 1.29 is 9.59 Å². The molecule has 112 valence electrons. The van der Waals surface area contributed by atoms with E-state index < -0.39 is 0 Å². The van der Waals surface area contributed by atoms with Gasteiger partial charge in [0.1, 0.15) is 0 Å². The van der Waals surface area contributed by atoms with Gasteiger partial charge in [0.15, 0.2) is 0 Å². The first-order chi connectivity index (χ1) is 10.1. The minimum Gasteiger partial charge on any atom is -0.340 e. The molecule has 1 saturated heterocycles. The van der Waals surface area contributed by atoms with Crippen molar-refractivity contribution in [2.75, 3.05) is 31.5 Å². The molecule has 0 radical (unpaired) electrons. The molecule has 2 amide bonds. The van der Waals surface area contributed by atoms with E-state index in [-0.39, 0.29) is 17.9 Å². The molecule has 0 spiro atoms. The first-order valence-electron chi connectivity index (χ1n) is 7.53. The number of hydrogen-bond acceptors (Lipinski definition) is 3. The van der Waals surface area contributed by atoms with Crippen LogP contribution in [-0.2, 0) is 16.0 Å². The molecule has 1 N–H and O–H groups in total. The lowest BCUT2D eigenvalue weighted by Crippen LogP contribution is -2.54. The third kappa shape index (κ3) is 2.93. The molecule has 1 aromatic carbocycles. The summed E-state index contributed by atoms with van der Waals surface area (Å²) in [6.07, 6.45) is 1.75. The lowest BCUT2D eigenvalue weighted by Gasteiger charge is -2.37. The Morgan fingerprint density at radius 1 is 1.19 bits per heavy atom. The highest BCUT2D eigenvalue weighted by Crippen LogP contribution is 2.24. The zero-order valence-corrected chi connectivity index (χ0v) is 12.3. The van der Waals surface area contributed by atoms with Crippen molar-refractivity contribution in [2.24, 2.45) is 0 Å². The van der Waals surface area contributed by atoms with Crippen LogP contribution in [0.25, 0.3) is 0 Å². The van der Waals surface area contributed by atoms with Crippen LogP contribution in [0.4, 0.5) is 5.69 Å². The normalized spacial score (nSPS) is 23.2. The van der Waals surface area contributed by atoms with E-state index in [9.17, 15) is 9.59 Å². The first-order valence-corrected chi connectivity index (χ1v) is 7.53. The molecule has 5 heteroatoms. The SMILES string of the molecule is CC(=O)N1CCN(C2CCc3ccccc3NC2=O)CC1. The second-order valence-corrected chi connectivity index (χ2v) is 5.74. The van der Waals surface area contributed by atoms with Crippen LogP contribution in [0.5, 0.6) is 0 Å². The molecule has 1 aromatic rings. The van der Waals surface area contributed by atoms with Gasteiger partial charge in [-0.3, -0.25) is 14.5 Å². The van der Waals surface area contributed by atoms with Crippen molar-refractivity contribution in [1.29, 1.82) is 0 Å². The van der Waals surface area contributed by atoms with Crippen LogP contribution in [0.3, 0.4) is 0 Å². The highest BCUT2D eigenvalue weighted by Gasteiger charge is 2.31. The summed E-state index contributed by atoms with van der Waals surface area (Å²) in [6, 6.07) is 7.91. The minimum absolute atomic E-state index is 0.0798. The molecule has 0 bridgehead atoms. The van der Waals surface area contributed by atoms with Gasteiger partial charge < -0.3 is 10.2 Å². The molecular weight excluding hydrogens is 266 g/mol. The number of fused-ring (bicyclic) bond motifs is 1. The fraction of sp³-hybridized carbons (Fsp3) is 0.500. The summed E-state index contributed by atoms with van der Waals surface area (Å²) in [7, 11) is 0. The number of nitrogens with zero attached hydrogens (tertiary/aromatic N) is 2. The second-order valence-electron chi connectivity index (χ2n) is 5.74. The zero-order chi connectivity index (χ0) is 14.8. The van der Waals surface area contributed by atoms with Gasteiger partial charge in [-0.05, 0) is 24.5 Å². The maximum Gasteiger partial charge on any atom is 0.241 e. The lowest BCUT2D eigenvalue weighted by atomic mass is 10.0. The number of aryl methyl sites for hydroxylation is 1. The van der Waals surface area contributed by atoms with Crippen molar-refractivity contribution in [3.8, 4) is 0 Å². The molecule has 0 aliphatic carbocycles. The van der Waals surface area contributed by atoms with Gasteiger partial charge in [-0.2, -0.15) is 0 Å². The number of piperazine rings is 1. The van der Waals surface area contributed by atoms with Crippen molar-refractivity contribution in [1.82, 2.24) is 9.80 Å². The Hall–Kier alpha value is -1.88. The number of benzene rings is 1. The van der Waals surface area contributed by atoms with Crippen LogP contribution < -0.4 is 5.32 Å². The van der Waals surface area contributed by atoms with E-state index in [1.165, 1.54) is 5.56 Å². The van der Waals surface area contributed by atoms with Crippen LogP contribution in [0.2, 0.25) is 0 Å².